The first-order valence-corrected chi connectivity index (χ1v) is 10.3. The van der Waals surface area contributed by atoms with Gasteiger partial charge in [0, 0.05) is 20.1 Å². The molecule has 2 aromatic rings. The van der Waals surface area contributed by atoms with Crippen LogP contribution in [0, 0.1) is 5.92 Å². The summed E-state index contributed by atoms with van der Waals surface area (Å²) in [5.74, 6) is -0.229. The van der Waals surface area contributed by atoms with Crippen molar-refractivity contribution in [2.45, 2.75) is 46.6 Å². The molecule has 0 aliphatic carbocycles. The number of nitrogen functional groups attached to an aromatic ring is 1. The number of rotatable bonds is 8. The van der Waals surface area contributed by atoms with Crippen molar-refractivity contribution in [2.75, 3.05) is 17.2 Å². The van der Waals surface area contributed by atoms with E-state index in [1.165, 1.54) is 20.1 Å². The molecular formula is C19H27Cl2N5O3. The van der Waals surface area contributed by atoms with Gasteiger partial charge in [-0.15, -0.1) is 0 Å². The SMILES string of the molecule is CCCCn1c(N)c(N(CCC(C)C)C(=O)c2cc(Cl)c(Cl)n2C)c(=O)[nH]c1=O. The molecule has 10 heteroatoms. The molecule has 0 aliphatic heterocycles. The minimum atomic E-state index is -0.705. The van der Waals surface area contributed by atoms with Gasteiger partial charge in [0.15, 0.2) is 5.69 Å². The van der Waals surface area contributed by atoms with E-state index in [1.54, 1.807) is 7.05 Å². The third-order valence-electron chi connectivity index (χ3n) is 4.73. The first-order valence-electron chi connectivity index (χ1n) is 9.55. The van der Waals surface area contributed by atoms with E-state index in [-0.39, 0.29) is 39.8 Å². The number of nitrogens with zero attached hydrogens (tertiary/aromatic N) is 3. The highest BCUT2D eigenvalue weighted by atomic mass is 35.5. The molecule has 0 atom stereocenters. The summed E-state index contributed by atoms with van der Waals surface area (Å²) in [7, 11) is 1.61. The van der Waals surface area contributed by atoms with Crippen molar-refractivity contribution in [3.8, 4) is 0 Å². The Labute approximate surface area is 179 Å². The van der Waals surface area contributed by atoms with Crippen LogP contribution in [0.15, 0.2) is 15.7 Å². The van der Waals surface area contributed by atoms with Gasteiger partial charge in [-0.25, -0.2) is 4.79 Å². The summed E-state index contributed by atoms with van der Waals surface area (Å²) in [5, 5.41) is 0.449. The van der Waals surface area contributed by atoms with Crippen LogP contribution in [0.3, 0.4) is 0 Å². The van der Waals surface area contributed by atoms with Gasteiger partial charge in [0.1, 0.15) is 16.7 Å². The first kappa shape index (κ1) is 23.1. The van der Waals surface area contributed by atoms with Gasteiger partial charge in [0.2, 0.25) is 0 Å². The van der Waals surface area contributed by atoms with Crippen molar-refractivity contribution < 1.29 is 4.79 Å². The number of hydrogen-bond donors (Lipinski definition) is 2. The van der Waals surface area contributed by atoms with E-state index in [0.29, 0.717) is 19.4 Å². The number of nitrogens with two attached hydrogens (primary N) is 1. The van der Waals surface area contributed by atoms with Crippen LogP contribution >= 0.6 is 23.2 Å². The van der Waals surface area contributed by atoms with Crippen molar-refractivity contribution in [1.29, 1.82) is 0 Å². The summed E-state index contributed by atoms with van der Waals surface area (Å²) in [6, 6.07) is 1.45. The number of carbonyl (C=O) groups is 1. The number of anilines is 2. The molecule has 0 saturated heterocycles. The number of hydrogen-bond acceptors (Lipinski definition) is 4. The van der Waals surface area contributed by atoms with E-state index < -0.39 is 17.2 Å². The largest absolute Gasteiger partial charge is 0.383 e. The molecule has 0 fully saturated rings. The Balaban J connectivity index is 2.63. The molecule has 2 aromatic heterocycles. The van der Waals surface area contributed by atoms with Crippen LogP contribution in [0.4, 0.5) is 11.5 Å². The zero-order chi connectivity index (χ0) is 21.9. The maximum atomic E-state index is 13.4. The Hall–Kier alpha value is -2.19. The number of nitrogens with one attached hydrogen (secondary N) is 1. The van der Waals surface area contributed by atoms with Crippen LogP contribution in [-0.2, 0) is 13.6 Å². The van der Waals surface area contributed by atoms with Gasteiger partial charge in [-0.1, -0.05) is 50.4 Å². The quantitative estimate of drug-likeness (QED) is 0.652. The smallest absolute Gasteiger partial charge is 0.330 e. The number of amides is 1. The normalized spacial score (nSPS) is 11.3. The summed E-state index contributed by atoms with van der Waals surface area (Å²) in [5.41, 5.74) is 5.09. The fraction of sp³-hybridized carbons (Fsp3) is 0.526. The second kappa shape index (κ2) is 9.54. The maximum Gasteiger partial charge on any atom is 0.330 e. The lowest BCUT2D eigenvalue weighted by molar-refractivity contribution is 0.0977. The third kappa shape index (κ3) is 4.87. The molecule has 0 spiro atoms. The maximum absolute atomic E-state index is 13.4. The Morgan fingerprint density at radius 1 is 1.31 bits per heavy atom. The van der Waals surface area contributed by atoms with Crippen LogP contribution in [0.25, 0.3) is 0 Å². The Morgan fingerprint density at radius 2 is 1.97 bits per heavy atom. The topological polar surface area (TPSA) is 106 Å². The molecule has 3 N–H and O–H groups in total. The molecule has 0 unspecified atom stereocenters. The highest BCUT2D eigenvalue weighted by molar-refractivity contribution is 6.42. The molecule has 0 radical (unpaired) electrons. The first-order chi connectivity index (χ1) is 13.6. The molecule has 0 aromatic carbocycles. The molecule has 0 saturated carbocycles. The highest BCUT2D eigenvalue weighted by Crippen LogP contribution is 2.28. The predicted molar refractivity (Wildman–Crippen MR) is 117 cm³/mol. The summed E-state index contributed by atoms with van der Waals surface area (Å²) in [6.45, 7) is 6.59. The van der Waals surface area contributed by atoms with Crippen molar-refractivity contribution >= 4 is 40.6 Å². The van der Waals surface area contributed by atoms with E-state index in [0.717, 1.165) is 6.42 Å². The number of aromatic amines is 1. The van der Waals surface area contributed by atoms with Crippen LogP contribution in [0.1, 0.15) is 50.5 Å². The summed E-state index contributed by atoms with van der Waals surface area (Å²) < 4.78 is 2.74. The molecule has 2 heterocycles. The second-order valence-electron chi connectivity index (χ2n) is 7.36. The fourth-order valence-electron chi connectivity index (χ4n) is 2.96. The van der Waals surface area contributed by atoms with E-state index in [9.17, 15) is 14.4 Å². The minimum absolute atomic E-state index is 0.0318. The van der Waals surface area contributed by atoms with Gasteiger partial charge in [-0.05, 0) is 24.8 Å². The second-order valence-corrected chi connectivity index (χ2v) is 8.13. The minimum Gasteiger partial charge on any atom is -0.383 e. The van der Waals surface area contributed by atoms with Gasteiger partial charge in [0.05, 0.1) is 5.02 Å². The number of H-pyrrole nitrogens is 1. The number of unbranched alkanes of at least 4 members (excludes halogenated alkanes) is 1. The molecule has 29 heavy (non-hydrogen) atoms. The van der Waals surface area contributed by atoms with Gasteiger partial charge in [0.25, 0.3) is 11.5 Å². The average molecular weight is 444 g/mol. The van der Waals surface area contributed by atoms with Crippen molar-refractivity contribution in [1.82, 2.24) is 14.1 Å². The summed E-state index contributed by atoms with van der Waals surface area (Å²) in [6.07, 6.45) is 2.18. The molecule has 0 aliphatic rings. The van der Waals surface area contributed by atoms with Gasteiger partial charge >= 0.3 is 5.69 Å². The lowest BCUT2D eigenvalue weighted by Crippen LogP contribution is -2.42. The molecule has 0 bridgehead atoms. The van der Waals surface area contributed by atoms with Crippen molar-refractivity contribution in [3.05, 3.63) is 42.8 Å². The standard InChI is InChI=1S/C19H27Cl2N5O3/c1-5-6-8-26-16(22)14(17(27)23-19(26)29)25(9-7-11(2)3)18(28)13-10-12(20)15(21)24(13)4/h10-11H,5-9,22H2,1-4H3,(H,23,27,29). The summed E-state index contributed by atoms with van der Waals surface area (Å²) in [4.78, 5) is 41.8. The third-order valence-corrected chi connectivity index (χ3v) is 5.57. The fourth-order valence-corrected chi connectivity index (χ4v) is 3.34. The number of carbonyl (C=O) groups excluding carboxylic acids is 1. The zero-order valence-corrected chi connectivity index (χ0v) is 18.6. The number of aromatic nitrogens is 3. The predicted octanol–water partition coefficient (Wildman–Crippen LogP) is 3.26. The van der Waals surface area contributed by atoms with Crippen molar-refractivity contribution in [3.63, 3.8) is 0 Å². The lowest BCUT2D eigenvalue weighted by atomic mass is 10.1. The van der Waals surface area contributed by atoms with Crippen LogP contribution < -0.4 is 21.9 Å². The van der Waals surface area contributed by atoms with Crippen molar-refractivity contribution in [2.24, 2.45) is 13.0 Å². The van der Waals surface area contributed by atoms with E-state index >= 15 is 0 Å². The Bertz CT molecular complexity index is 1010. The van der Waals surface area contributed by atoms with E-state index in [4.69, 9.17) is 28.9 Å². The average Bonchev–Trinajstić information content (AvgIpc) is 2.90. The van der Waals surface area contributed by atoms with Crippen LogP contribution in [0.2, 0.25) is 10.2 Å². The highest BCUT2D eigenvalue weighted by Gasteiger charge is 2.28. The zero-order valence-electron chi connectivity index (χ0n) is 17.1. The monoisotopic (exact) mass is 443 g/mol. The molecular weight excluding hydrogens is 417 g/mol. The van der Waals surface area contributed by atoms with Crippen LogP contribution in [0.5, 0.6) is 0 Å². The van der Waals surface area contributed by atoms with Gasteiger partial charge < -0.3 is 10.3 Å². The molecule has 160 valence electrons. The van der Waals surface area contributed by atoms with Crippen LogP contribution in [-0.4, -0.2) is 26.6 Å². The molecule has 1 amide bonds. The number of halogens is 2. The van der Waals surface area contributed by atoms with E-state index in [1.807, 2.05) is 20.8 Å². The molecule has 2 rings (SSSR count). The van der Waals surface area contributed by atoms with E-state index in [2.05, 4.69) is 4.98 Å². The Kier molecular flexibility index (Phi) is 7.60. The summed E-state index contributed by atoms with van der Waals surface area (Å²) >= 11 is 12.2. The molecule has 8 nitrogen and oxygen atoms in total. The lowest BCUT2D eigenvalue weighted by Gasteiger charge is -2.25. The van der Waals surface area contributed by atoms with Gasteiger partial charge in [-0.3, -0.25) is 24.0 Å². The van der Waals surface area contributed by atoms with Gasteiger partial charge in [-0.2, -0.15) is 0 Å². The Morgan fingerprint density at radius 3 is 2.48 bits per heavy atom.